The number of nitrogens with zero attached hydrogens (tertiary/aromatic N) is 6. The standard InChI is InChI=1S/C32H39FN8O/c1-6-32(2,24-9-7-8-23-29(31(42)34-3)25(33)18-36-30(23)24)19-37-27-16-26(38-20-39-27)21-10-11-28(35-17-21)41(5)22-12-14-40(4)15-13-22/h7-11,16-18,20,22H,6,12-15,19H2,1-5H3,(H,34,42)(H,37,38,39)/t32-/m0/s1. The molecular weight excluding hydrogens is 531 g/mol. The summed E-state index contributed by atoms with van der Waals surface area (Å²) in [7, 11) is 5.79. The van der Waals surface area contributed by atoms with Crippen LogP contribution in [0.3, 0.4) is 0 Å². The number of benzene rings is 1. The molecule has 0 aliphatic carbocycles. The molecule has 2 N–H and O–H groups in total. The van der Waals surface area contributed by atoms with Crippen molar-refractivity contribution in [3.05, 3.63) is 72.1 Å². The lowest BCUT2D eigenvalue weighted by Crippen LogP contribution is -2.42. The molecule has 0 bridgehead atoms. The summed E-state index contributed by atoms with van der Waals surface area (Å²) in [6.45, 7) is 6.99. The Hall–Kier alpha value is -4.18. The minimum atomic E-state index is -0.639. The van der Waals surface area contributed by atoms with Crippen molar-refractivity contribution >= 4 is 28.4 Å². The summed E-state index contributed by atoms with van der Waals surface area (Å²) in [5, 5.41) is 6.51. The Balaban J connectivity index is 1.34. The molecule has 10 heteroatoms. The van der Waals surface area contributed by atoms with Gasteiger partial charge in [-0.3, -0.25) is 9.78 Å². The van der Waals surface area contributed by atoms with E-state index < -0.39 is 11.7 Å². The fraction of sp³-hybridized carbons (Fsp3) is 0.406. The van der Waals surface area contributed by atoms with Gasteiger partial charge in [0, 0.05) is 55.3 Å². The molecule has 1 amide bonds. The van der Waals surface area contributed by atoms with Crippen LogP contribution in [0, 0.1) is 5.82 Å². The highest BCUT2D eigenvalue weighted by Gasteiger charge is 2.29. The number of aromatic nitrogens is 4. The Bertz CT molecular complexity index is 1550. The first-order valence-electron chi connectivity index (χ1n) is 14.5. The number of likely N-dealkylation sites (tertiary alicyclic amines) is 1. The van der Waals surface area contributed by atoms with E-state index in [2.05, 4.69) is 75.5 Å². The summed E-state index contributed by atoms with van der Waals surface area (Å²) in [6.07, 6.45) is 7.60. The predicted octanol–water partition coefficient (Wildman–Crippen LogP) is 4.90. The fourth-order valence-electron chi connectivity index (χ4n) is 5.67. The van der Waals surface area contributed by atoms with Gasteiger partial charge in [-0.25, -0.2) is 19.3 Å². The molecule has 1 aliphatic rings. The van der Waals surface area contributed by atoms with Crippen LogP contribution in [0.1, 0.15) is 49.0 Å². The van der Waals surface area contributed by atoms with E-state index >= 15 is 0 Å². The molecule has 42 heavy (non-hydrogen) atoms. The maximum absolute atomic E-state index is 14.6. The molecule has 220 valence electrons. The normalized spacial score (nSPS) is 15.8. The van der Waals surface area contributed by atoms with E-state index in [0.717, 1.165) is 61.2 Å². The number of hydrogen-bond acceptors (Lipinski definition) is 8. The number of hydrogen-bond donors (Lipinski definition) is 2. The van der Waals surface area contributed by atoms with Crippen LogP contribution in [0.25, 0.3) is 22.2 Å². The second-order valence-corrected chi connectivity index (χ2v) is 11.4. The summed E-state index contributed by atoms with van der Waals surface area (Å²) >= 11 is 0. The van der Waals surface area contributed by atoms with Crippen LogP contribution in [0.2, 0.25) is 0 Å². The second kappa shape index (κ2) is 12.4. The Labute approximate surface area is 246 Å². The van der Waals surface area contributed by atoms with Crippen molar-refractivity contribution in [2.45, 2.75) is 44.6 Å². The van der Waals surface area contributed by atoms with Crippen molar-refractivity contribution in [3.8, 4) is 11.3 Å². The van der Waals surface area contributed by atoms with Gasteiger partial charge in [-0.1, -0.05) is 32.0 Å². The summed E-state index contributed by atoms with van der Waals surface area (Å²) in [6, 6.07) is 12.1. The number of halogens is 1. The molecule has 1 fully saturated rings. The second-order valence-electron chi connectivity index (χ2n) is 11.4. The molecule has 1 saturated heterocycles. The van der Waals surface area contributed by atoms with Gasteiger partial charge >= 0.3 is 0 Å². The monoisotopic (exact) mass is 570 g/mol. The Morgan fingerprint density at radius 3 is 2.60 bits per heavy atom. The average molecular weight is 571 g/mol. The van der Waals surface area contributed by atoms with E-state index in [-0.39, 0.29) is 11.0 Å². The lowest BCUT2D eigenvalue weighted by atomic mass is 9.78. The van der Waals surface area contributed by atoms with Crippen LogP contribution >= 0.6 is 0 Å². The minimum Gasteiger partial charge on any atom is -0.369 e. The van der Waals surface area contributed by atoms with Crippen molar-refractivity contribution in [1.29, 1.82) is 0 Å². The number of anilines is 2. The van der Waals surface area contributed by atoms with Crippen LogP contribution in [-0.2, 0) is 5.41 Å². The Morgan fingerprint density at radius 2 is 1.90 bits per heavy atom. The van der Waals surface area contributed by atoms with E-state index in [1.54, 1.807) is 12.4 Å². The van der Waals surface area contributed by atoms with Gasteiger partial charge in [0.05, 0.1) is 23.0 Å². The van der Waals surface area contributed by atoms with Crippen molar-refractivity contribution < 1.29 is 9.18 Å². The van der Waals surface area contributed by atoms with E-state index in [4.69, 9.17) is 4.98 Å². The molecule has 4 heterocycles. The van der Waals surface area contributed by atoms with Gasteiger partial charge in [0.25, 0.3) is 5.91 Å². The van der Waals surface area contributed by atoms with E-state index in [1.807, 2.05) is 24.4 Å². The first-order valence-corrected chi connectivity index (χ1v) is 14.5. The largest absolute Gasteiger partial charge is 0.369 e. The maximum atomic E-state index is 14.6. The van der Waals surface area contributed by atoms with Crippen LogP contribution in [0.15, 0.2) is 55.1 Å². The molecule has 0 unspecified atom stereocenters. The van der Waals surface area contributed by atoms with Gasteiger partial charge in [-0.05, 0) is 57.1 Å². The minimum absolute atomic E-state index is 0.00775. The molecule has 0 spiro atoms. The third-order valence-corrected chi connectivity index (χ3v) is 8.70. The highest BCUT2D eigenvalue weighted by atomic mass is 19.1. The number of pyridine rings is 2. The van der Waals surface area contributed by atoms with Gasteiger partial charge in [-0.2, -0.15) is 0 Å². The molecule has 9 nitrogen and oxygen atoms in total. The number of para-hydroxylation sites is 1. The number of amides is 1. The summed E-state index contributed by atoms with van der Waals surface area (Å²) in [4.78, 5) is 35.2. The molecule has 0 saturated carbocycles. The third kappa shape index (κ3) is 5.90. The first kappa shape index (κ1) is 29.3. The van der Waals surface area contributed by atoms with Crippen molar-refractivity contribution in [1.82, 2.24) is 30.2 Å². The molecular formula is C32H39FN8O. The van der Waals surface area contributed by atoms with E-state index in [9.17, 15) is 9.18 Å². The van der Waals surface area contributed by atoms with Crippen LogP contribution in [0.5, 0.6) is 0 Å². The van der Waals surface area contributed by atoms with E-state index in [0.29, 0.717) is 29.3 Å². The molecule has 4 aromatic rings. The lowest BCUT2D eigenvalue weighted by Gasteiger charge is -2.35. The maximum Gasteiger partial charge on any atom is 0.254 e. The first-order chi connectivity index (χ1) is 20.2. The Kier molecular flexibility index (Phi) is 8.63. The van der Waals surface area contributed by atoms with Crippen LogP contribution < -0.4 is 15.5 Å². The molecule has 1 aliphatic heterocycles. The highest BCUT2D eigenvalue weighted by molar-refractivity contribution is 6.06. The molecule has 1 atom stereocenters. The Morgan fingerprint density at radius 1 is 1.12 bits per heavy atom. The number of fused-ring (bicyclic) bond motifs is 1. The predicted molar refractivity (Wildman–Crippen MR) is 165 cm³/mol. The van der Waals surface area contributed by atoms with Crippen molar-refractivity contribution in [2.24, 2.45) is 0 Å². The zero-order valence-corrected chi connectivity index (χ0v) is 25.0. The smallest absolute Gasteiger partial charge is 0.254 e. The number of carbonyl (C=O) groups excluding carboxylic acids is 1. The molecule has 1 aromatic carbocycles. The van der Waals surface area contributed by atoms with Gasteiger partial charge in [0.15, 0.2) is 5.82 Å². The van der Waals surface area contributed by atoms with Crippen LogP contribution in [0.4, 0.5) is 16.0 Å². The van der Waals surface area contributed by atoms with Crippen molar-refractivity contribution in [3.63, 3.8) is 0 Å². The third-order valence-electron chi connectivity index (χ3n) is 8.70. The van der Waals surface area contributed by atoms with Crippen LogP contribution in [-0.4, -0.2) is 77.6 Å². The number of rotatable bonds is 9. The summed E-state index contributed by atoms with van der Waals surface area (Å²) in [5.74, 6) is 0.540. The topological polar surface area (TPSA) is 99.2 Å². The summed E-state index contributed by atoms with van der Waals surface area (Å²) < 4.78 is 14.6. The van der Waals surface area contributed by atoms with Gasteiger partial charge < -0.3 is 20.4 Å². The molecule has 0 radical (unpaired) electrons. The number of nitrogens with one attached hydrogen (secondary N) is 2. The quantitative estimate of drug-likeness (QED) is 0.293. The summed E-state index contributed by atoms with van der Waals surface area (Å²) in [5.41, 5.74) is 2.88. The van der Waals surface area contributed by atoms with Gasteiger partial charge in [-0.15, -0.1) is 0 Å². The number of carbonyl (C=O) groups is 1. The highest BCUT2D eigenvalue weighted by Crippen LogP contribution is 2.34. The molecule has 3 aromatic heterocycles. The average Bonchev–Trinajstić information content (AvgIpc) is 3.03. The van der Waals surface area contributed by atoms with E-state index in [1.165, 1.54) is 7.05 Å². The zero-order chi connectivity index (χ0) is 29.9. The SMILES string of the molecule is CC[C@@](C)(CNc1cc(-c2ccc(N(C)C3CCN(C)CC3)nc2)ncn1)c1cccc2c(C(=O)NC)c(F)cnc12. The zero-order valence-electron chi connectivity index (χ0n) is 25.0. The van der Waals surface area contributed by atoms with Gasteiger partial charge in [0.2, 0.25) is 0 Å². The molecule has 5 rings (SSSR count). The fourth-order valence-corrected chi connectivity index (χ4v) is 5.67. The number of piperidine rings is 1. The lowest BCUT2D eigenvalue weighted by molar-refractivity contribution is 0.0960. The van der Waals surface area contributed by atoms with Gasteiger partial charge in [0.1, 0.15) is 18.0 Å². The van der Waals surface area contributed by atoms with Crippen molar-refractivity contribution in [2.75, 3.05) is 51.0 Å².